The van der Waals surface area contributed by atoms with E-state index in [4.69, 9.17) is 16.0 Å². The highest BCUT2D eigenvalue weighted by Crippen LogP contribution is 2.45. The van der Waals surface area contributed by atoms with Crippen molar-refractivity contribution in [1.82, 2.24) is 4.31 Å². The molecule has 0 saturated heterocycles. The van der Waals surface area contributed by atoms with Gasteiger partial charge in [0.25, 0.3) is 10.9 Å². The third-order valence-electron chi connectivity index (χ3n) is 6.38. The van der Waals surface area contributed by atoms with Gasteiger partial charge in [0.15, 0.2) is 5.75 Å². The van der Waals surface area contributed by atoms with Gasteiger partial charge in [0, 0.05) is 26.1 Å². The number of hydrogen-bond acceptors (Lipinski definition) is 8. The monoisotopic (exact) mass is 507 g/mol. The van der Waals surface area contributed by atoms with Gasteiger partial charge in [-0.3, -0.25) is 9.59 Å². The molecule has 0 spiro atoms. The quantitative estimate of drug-likeness (QED) is 0.261. The van der Waals surface area contributed by atoms with E-state index in [0.717, 1.165) is 34.9 Å². The number of aryl methyl sites for hydroxylation is 1. The van der Waals surface area contributed by atoms with Crippen LogP contribution in [0.25, 0.3) is 0 Å². The number of aromatic hydroxyl groups is 1. The second-order valence-electron chi connectivity index (χ2n) is 9.31. The summed E-state index contributed by atoms with van der Waals surface area (Å²) in [6.45, 7) is 4.16. The summed E-state index contributed by atoms with van der Waals surface area (Å²) in [4.78, 5) is 24.5. The fraction of sp³-hybridized carbons (Fsp3) is 0.391. The zero-order valence-corrected chi connectivity index (χ0v) is 20.8. The number of phenols is 1. The first-order valence-electron chi connectivity index (χ1n) is 10.7. The number of halogens is 1. The standard InChI is InChI=1S/C23H26ClN3O6S/c1-23(2)10-5-6-15-12(9-11-33-15)22(23)26-17-16(19(29)20(17)30)25-14-8-7-13(24)21(18(14)28)34(31,32)27(3)4/h7-9,11,22,25-26,28H,5-6,10H2,1-4H3. The van der Waals surface area contributed by atoms with Crippen LogP contribution in [0.2, 0.25) is 5.02 Å². The lowest BCUT2D eigenvalue weighted by atomic mass is 9.78. The van der Waals surface area contributed by atoms with Gasteiger partial charge in [-0.2, -0.15) is 0 Å². The molecule has 3 aromatic rings. The normalized spacial score (nSPS) is 18.0. The second kappa shape index (κ2) is 8.44. The van der Waals surface area contributed by atoms with Crippen molar-refractivity contribution in [2.45, 2.75) is 44.0 Å². The smallest absolute Gasteiger partial charge is 0.253 e. The van der Waals surface area contributed by atoms with Gasteiger partial charge < -0.3 is 20.2 Å². The maximum atomic E-state index is 12.6. The Morgan fingerprint density at radius 1 is 1.15 bits per heavy atom. The van der Waals surface area contributed by atoms with Crippen LogP contribution in [-0.2, 0) is 16.4 Å². The van der Waals surface area contributed by atoms with Crippen molar-refractivity contribution < 1.29 is 17.9 Å². The average molecular weight is 508 g/mol. The Morgan fingerprint density at radius 3 is 2.50 bits per heavy atom. The largest absolute Gasteiger partial charge is 0.504 e. The number of nitrogens with one attached hydrogen (secondary N) is 2. The number of rotatable bonds is 6. The Labute approximate surface area is 202 Å². The molecule has 1 atom stereocenters. The van der Waals surface area contributed by atoms with Crippen molar-refractivity contribution >= 4 is 38.7 Å². The molecular weight excluding hydrogens is 482 g/mol. The highest BCUT2D eigenvalue weighted by Gasteiger charge is 2.38. The number of sulfonamides is 1. The number of furan rings is 1. The second-order valence-corrected chi connectivity index (χ2v) is 11.8. The van der Waals surface area contributed by atoms with Crippen molar-refractivity contribution in [2.24, 2.45) is 5.41 Å². The topological polar surface area (TPSA) is 129 Å². The SMILES string of the molecule is CN(C)S(=O)(=O)c1c(Cl)ccc(Nc2c(NC3c4ccoc4CCCC3(C)C)c(=O)c2=O)c1O. The lowest BCUT2D eigenvalue weighted by Crippen LogP contribution is -2.39. The van der Waals surface area contributed by atoms with Crippen molar-refractivity contribution in [3.8, 4) is 5.75 Å². The molecule has 2 aromatic carbocycles. The van der Waals surface area contributed by atoms with Crippen LogP contribution < -0.4 is 21.5 Å². The minimum atomic E-state index is -4.07. The molecule has 1 heterocycles. The molecular formula is C23H26ClN3O6S. The summed E-state index contributed by atoms with van der Waals surface area (Å²) in [6.07, 6.45) is 4.19. The first-order valence-corrected chi connectivity index (χ1v) is 12.5. The summed E-state index contributed by atoms with van der Waals surface area (Å²) in [5.41, 5.74) is -0.833. The molecule has 0 saturated carbocycles. The lowest BCUT2D eigenvalue weighted by Gasteiger charge is -2.35. The van der Waals surface area contributed by atoms with Crippen LogP contribution in [-0.4, -0.2) is 31.9 Å². The third-order valence-corrected chi connectivity index (χ3v) is 8.70. The van der Waals surface area contributed by atoms with Gasteiger partial charge in [0.05, 0.1) is 23.0 Å². The number of nitrogens with zero attached hydrogens (tertiary/aromatic N) is 1. The van der Waals surface area contributed by atoms with E-state index in [-0.39, 0.29) is 33.5 Å². The van der Waals surface area contributed by atoms with E-state index < -0.39 is 31.5 Å². The maximum absolute atomic E-state index is 12.6. The summed E-state index contributed by atoms with van der Waals surface area (Å²) in [6, 6.07) is 4.21. The summed E-state index contributed by atoms with van der Waals surface area (Å²) >= 11 is 6.06. The maximum Gasteiger partial charge on any atom is 0.253 e. The van der Waals surface area contributed by atoms with E-state index >= 15 is 0 Å². The molecule has 0 aliphatic heterocycles. The van der Waals surface area contributed by atoms with Gasteiger partial charge in [-0.05, 0) is 36.5 Å². The van der Waals surface area contributed by atoms with E-state index in [1.165, 1.54) is 26.2 Å². The van der Waals surface area contributed by atoms with Crippen LogP contribution in [0.1, 0.15) is 44.1 Å². The molecule has 0 fully saturated rings. The Balaban J connectivity index is 1.73. The molecule has 182 valence electrons. The Hall–Kier alpha value is -2.82. The Kier molecular flexibility index (Phi) is 6.03. The third kappa shape index (κ3) is 3.89. The number of benzene rings is 1. The predicted octanol–water partition coefficient (Wildman–Crippen LogP) is 3.74. The minimum absolute atomic E-state index is 0.0547. The van der Waals surface area contributed by atoms with Crippen molar-refractivity contribution in [3.63, 3.8) is 0 Å². The highest BCUT2D eigenvalue weighted by molar-refractivity contribution is 7.89. The number of fused-ring (bicyclic) bond motifs is 1. The molecule has 0 radical (unpaired) electrons. The molecule has 1 aliphatic rings. The average Bonchev–Trinajstić information content (AvgIpc) is 3.17. The number of anilines is 3. The fourth-order valence-electron chi connectivity index (χ4n) is 4.36. The molecule has 0 amide bonds. The fourth-order valence-corrected chi connectivity index (χ4v) is 5.84. The van der Waals surface area contributed by atoms with Crippen LogP contribution in [0.4, 0.5) is 17.1 Å². The van der Waals surface area contributed by atoms with Gasteiger partial charge >= 0.3 is 0 Å². The van der Waals surface area contributed by atoms with Gasteiger partial charge in [0.1, 0.15) is 22.0 Å². The Bertz CT molecular complexity index is 1430. The summed E-state index contributed by atoms with van der Waals surface area (Å²) in [5, 5.41) is 16.5. The van der Waals surface area contributed by atoms with E-state index in [2.05, 4.69) is 24.5 Å². The van der Waals surface area contributed by atoms with E-state index in [1.807, 2.05) is 6.07 Å². The predicted molar refractivity (Wildman–Crippen MR) is 130 cm³/mol. The zero-order valence-electron chi connectivity index (χ0n) is 19.2. The van der Waals surface area contributed by atoms with Gasteiger partial charge in [0.2, 0.25) is 10.0 Å². The molecule has 34 heavy (non-hydrogen) atoms. The lowest BCUT2D eigenvalue weighted by molar-refractivity contribution is 0.284. The molecule has 3 N–H and O–H groups in total. The van der Waals surface area contributed by atoms with Crippen LogP contribution in [0, 0.1) is 5.41 Å². The van der Waals surface area contributed by atoms with Crippen molar-refractivity contribution in [1.29, 1.82) is 0 Å². The molecule has 1 aromatic heterocycles. The van der Waals surface area contributed by atoms with E-state index in [1.54, 1.807) is 6.26 Å². The number of phenolic OH excluding ortho intramolecular Hbond substituents is 1. The zero-order chi connectivity index (χ0) is 25.0. The van der Waals surface area contributed by atoms with E-state index in [9.17, 15) is 23.1 Å². The number of hydrogen-bond donors (Lipinski definition) is 3. The van der Waals surface area contributed by atoms with Gasteiger partial charge in [-0.15, -0.1) is 0 Å². The first kappa shape index (κ1) is 24.3. The molecule has 1 unspecified atom stereocenters. The molecule has 4 rings (SSSR count). The van der Waals surface area contributed by atoms with Crippen LogP contribution in [0.5, 0.6) is 5.75 Å². The molecule has 9 nitrogen and oxygen atoms in total. The highest BCUT2D eigenvalue weighted by atomic mass is 35.5. The Morgan fingerprint density at radius 2 is 1.82 bits per heavy atom. The summed E-state index contributed by atoms with van der Waals surface area (Å²) in [7, 11) is -1.46. The minimum Gasteiger partial charge on any atom is -0.504 e. The molecule has 11 heteroatoms. The van der Waals surface area contributed by atoms with Crippen LogP contribution in [0.3, 0.4) is 0 Å². The van der Waals surface area contributed by atoms with Gasteiger partial charge in [-0.25, -0.2) is 12.7 Å². The summed E-state index contributed by atoms with van der Waals surface area (Å²) in [5.74, 6) is 0.192. The first-order chi connectivity index (χ1) is 15.9. The molecule has 0 bridgehead atoms. The van der Waals surface area contributed by atoms with Crippen LogP contribution >= 0.6 is 11.6 Å². The molecule has 1 aliphatic carbocycles. The summed E-state index contributed by atoms with van der Waals surface area (Å²) < 4.78 is 31.8. The van der Waals surface area contributed by atoms with Crippen LogP contribution in [0.15, 0.2) is 43.4 Å². The van der Waals surface area contributed by atoms with Crippen molar-refractivity contribution in [3.05, 3.63) is 61.3 Å². The van der Waals surface area contributed by atoms with E-state index in [0.29, 0.717) is 0 Å². The van der Waals surface area contributed by atoms with Gasteiger partial charge in [-0.1, -0.05) is 25.4 Å². The van der Waals surface area contributed by atoms with Crippen molar-refractivity contribution in [2.75, 3.05) is 24.7 Å².